The number of alkyl halides is 3. The number of halogens is 3. The summed E-state index contributed by atoms with van der Waals surface area (Å²) in [5, 5.41) is 0. The first-order chi connectivity index (χ1) is 5.98. The number of rotatable bonds is 5. The van der Waals surface area contributed by atoms with Gasteiger partial charge in [0.25, 0.3) is 0 Å². The summed E-state index contributed by atoms with van der Waals surface area (Å²) in [5.41, 5.74) is -0.634. The summed E-state index contributed by atoms with van der Waals surface area (Å²) in [4.78, 5) is 0. The molecule has 0 atom stereocenters. The molecule has 0 spiro atoms. The van der Waals surface area contributed by atoms with E-state index in [0.29, 0.717) is 13.2 Å². The summed E-state index contributed by atoms with van der Waals surface area (Å²) in [5.74, 6) is 0. The van der Waals surface area contributed by atoms with E-state index < -0.39 is 11.7 Å². The number of ether oxygens (including phenoxy) is 2. The quantitative estimate of drug-likeness (QED) is 0.497. The lowest BCUT2D eigenvalue weighted by molar-refractivity contribution is -0.0919. The maximum atomic E-state index is 11.9. The second kappa shape index (κ2) is 5.99. The van der Waals surface area contributed by atoms with Crippen LogP contribution < -0.4 is 0 Å². The van der Waals surface area contributed by atoms with E-state index in [1.54, 1.807) is 0 Å². The molecule has 0 bridgehead atoms. The van der Waals surface area contributed by atoms with E-state index in [4.69, 9.17) is 4.74 Å². The minimum absolute atomic E-state index is 0.0330. The third-order valence-electron chi connectivity index (χ3n) is 1.39. The molecule has 0 amide bonds. The molecule has 0 aromatic heterocycles. The molecule has 0 saturated carbocycles. The predicted octanol–water partition coefficient (Wildman–Crippen LogP) is 2.16. The Hall–Kier alpha value is -0.550. The molecule has 78 valence electrons. The van der Waals surface area contributed by atoms with Crippen LogP contribution in [0.4, 0.5) is 13.2 Å². The van der Waals surface area contributed by atoms with E-state index in [9.17, 15) is 13.2 Å². The molecule has 0 aromatic carbocycles. The minimum atomic E-state index is -4.25. The normalized spacial score (nSPS) is 13.5. The molecule has 0 saturated heterocycles. The summed E-state index contributed by atoms with van der Waals surface area (Å²) >= 11 is 0. The van der Waals surface area contributed by atoms with Gasteiger partial charge in [0.1, 0.15) is 0 Å². The van der Waals surface area contributed by atoms with Gasteiger partial charge in [-0.1, -0.05) is 6.08 Å². The Kier molecular flexibility index (Phi) is 5.73. The maximum Gasteiger partial charge on any atom is 0.412 e. The van der Waals surface area contributed by atoms with E-state index >= 15 is 0 Å². The first kappa shape index (κ1) is 12.4. The van der Waals surface area contributed by atoms with Crippen molar-refractivity contribution in [2.45, 2.75) is 13.1 Å². The highest BCUT2D eigenvalue weighted by molar-refractivity contribution is 5.04. The average Bonchev–Trinajstić information content (AvgIpc) is 2.02. The largest absolute Gasteiger partial charge is 0.412 e. The molecule has 0 radical (unpaired) electrons. The molecule has 0 aromatic rings. The van der Waals surface area contributed by atoms with Gasteiger partial charge in [-0.2, -0.15) is 13.2 Å². The topological polar surface area (TPSA) is 18.5 Å². The first-order valence-electron chi connectivity index (χ1n) is 3.79. The van der Waals surface area contributed by atoms with Crippen LogP contribution in [0.25, 0.3) is 0 Å². The summed E-state index contributed by atoms with van der Waals surface area (Å²) < 4.78 is 45.1. The molecule has 0 unspecified atom stereocenters. The zero-order valence-electron chi connectivity index (χ0n) is 7.65. The van der Waals surface area contributed by atoms with Crippen LogP contribution in [0.5, 0.6) is 0 Å². The van der Waals surface area contributed by atoms with Gasteiger partial charge < -0.3 is 9.47 Å². The first-order valence-corrected chi connectivity index (χ1v) is 3.79. The summed E-state index contributed by atoms with van der Waals surface area (Å²) in [6, 6.07) is 0. The van der Waals surface area contributed by atoms with Crippen LogP contribution in [0.2, 0.25) is 0 Å². The van der Waals surface area contributed by atoms with E-state index in [-0.39, 0.29) is 6.61 Å². The highest BCUT2D eigenvalue weighted by Gasteiger charge is 2.29. The average molecular weight is 198 g/mol. The number of methoxy groups -OCH3 is 1. The zero-order chi connectivity index (χ0) is 10.3. The van der Waals surface area contributed by atoms with Gasteiger partial charge >= 0.3 is 6.18 Å². The van der Waals surface area contributed by atoms with Gasteiger partial charge in [-0.15, -0.1) is 0 Å². The molecule has 0 N–H and O–H groups in total. The number of allylic oxidation sites excluding steroid dienone is 1. The van der Waals surface area contributed by atoms with Crippen molar-refractivity contribution in [2.24, 2.45) is 0 Å². The van der Waals surface area contributed by atoms with Crippen molar-refractivity contribution < 1.29 is 22.6 Å². The molecule has 2 nitrogen and oxygen atoms in total. The molecule has 0 aliphatic rings. The van der Waals surface area contributed by atoms with E-state index in [0.717, 1.165) is 13.0 Å². The molecule has 0 aliphatic heterocycles. The van der Waals surface area contributed by atoms with E-state index in [2.05, 4.69) is 4.74 Å². The van der Waals surface area contributed by atoms with Gasteiger partial charge in [-0.3, -0.25) is 0 Å². The molecule has 0 heterocycles. The van der Waals surface area contributed by atoms with Crippen molar-refractivity contribution in [2.75, 3.05) is 26.9 Å². The van der Waals surface area contributed by atoms with Crippen LogP contribution in [0.1, 0.15) is 6.92 Å². The van der Waals surface area contributed by atoms with Gasteiger partial charge in [0.2, 0.25) is 0 Å². The van der Waals surface area contributed by atoms with Crippen LogP contribution in [0.15, 0.2) is 11.6 Å². The van der Waals surface area contributed by atoms with Gasteiger partial charge in [-0.25, -0.2) is 0 Å². The fourth-order valence-corrected chi connectivity index (χ4v) is 0.525. The van der Waals surface area contributed by atoms with Gasteiger partial charge in [0.15, 0.2) is 0 Å². The standard InChI is InChI=1S/C8H13F3O2/c1-7(8(9,10)11)3-4-13-6-5-12-2/h3H,4-6H2,1-2H3. The molecule has 0 rings (SSSR count). The van der Waals surface area contributed by atoms with Crippen LogP contribution in [-0.4, -0.2) is 33.1 Å². The molecule has 5 heteroatoms. The Labute approximate surface area is 75.3 Å². The van der Waals surface area contributed by atoms with Crippen molar-refractivity contribution in [3.05, 3.63) is 11.6 Å². The number of hydrogen-bond donors (Lipinski definition) is 0. The second-order valence-electron chi connectivity index (χ2n) is 2.45. The molecular weight excluding hydrogens is 185 g/mol. The monoisotopic (exact) mass is 198 g/mol. The van der Waals surface area contributed by atoms with Gasteiger partial charge in [0.05, 0.1) is 19.8 Å². The molecule has 0 fully saturated rings. The van der Waals surface area contributed by atoms with E-state index in [1.165, 1.54) is 7.11 Å². The fourth-order valence-electron chi connectivity index (χ4n) is 0.525. The van der Waals surface area contributed by atoms with Crippen molar-refractivity contribution in [1.29, 1.82) is 0 Å². The highest BCUT2D eigenvalue weighted by Crippen LogP contribution is 2.24. The maximum absolute atomic E-state index is 11.9. The molecule has 0 aliphatic carbocycles. The summed E-state index contributed by atoms with van der Waals surface area (Å²) in [7, 11) is 1.50. The lowest BCUT2D eigenvalue weighted by atomic mass is 10.3. The highest BCUT2D eigenvalue weighted by atomic mass is 19.4. The smallest absolute Gasteiger partial charge is 0.382 e. The van der Waals surface area contributed by atoms with E-state index in [1.807, 2.05) is 0 Å². The third-order valence-corrected chi connectivity index (χ3v) is 1.39. The number of hydrogen-bond acceptors (Lipinski definition) is 2. The van der Waals surface area contributed by atoms with Crippen molar-refractivity contribution in [3.63, 3.8) is 0 Å². The Morgan fingerprint density at radius 3 is 2.38 bits per heavy atom. The Morgan fingerprint density at radius 2 is 1.92 bits per heavy atom. The van der Waals surface area contributed by atoms with Crippen LogP contribution in [0.3, 0.4) is 0 Å². The third kappa shape index (κ3) is 6.60. The Bertz CT molecular complexity index is 163. The summed E-state index contributed by atoms with van der Waals surface area (Å²) in [6.07, 6.45) is -3.24. The SMILES string of the molecule is COCCOCC=C(C)C(F)(F)F. The predicted molar refractivity (Wildman–Crippen MR) is 42.5 cm³/mol. The fraction of sp³-hybridized carbons (Fsp3) is 0.750. The van der Waals surface area contributed by atoms with Crippen molar-refractivity contribution in [3.8, 4) is 0 Å². The Morgan fingerprint density at radius 1 is 1.31 bits per heavy atom. The van der Waals surface area contributed by atoms with Crippen molar-refractivity contribution in [1.82, 2.24) is 0 Å². The van der Waals surface area contributed by atoms with Crippen LogP contribution in [0, 0.1) is 0 Å². The molecule has 13 heavy (non-hydrogen) atoms. The lowest BCUT2D eigenvalue weighted by Gasteiger charge is -2.06. The minimum Gasteiger partial charge on any atom is -0.382 e. The Balaban J connectivity index is 3.60. The van der Waals surface area contributed by atoms with Gasteiger partial charge in [-0.05, 0) is 6.92 Å². The zero-order valence-corrected chi connectivity index (χ0v) is 7.65. The van der Waals surface area contributed by atoms with Crippen molar-refractivity contribution >= 4 is 0 Å². The van der Waals surface area contributed by atoms with Crippen LogP contribution in [-0.2, 0) is 9.47 Å². The molecular formula is C8H13F3O2. The second-order valence-corrected chi connectivity index (χ2v) is 2.45. The summed E-state index contributed by atoms with van der Waals surface area (Å²) in [6.45, 7) is 1.67. The van der Waals surface area contributed by atoms with Gasteiger partial charge in [0, 0.05) is 12.7 Å². The van der Waals surface area contributed by atoms with Crippen LogP contribution >= 0.6 is 0 Å². The lowest BCUT2D eigenvalue weighted by Crippen LogP contribution is -2.10.